The van der Waals surface area contributed by atoms with E-state index >= 15 is 0 Å². The summed E-state index contributed by atoms with van der Waals surface area (Å²) in [7, 11) is -3.52. The van der Waals surface area contributed by atoms with Gasteiger partial charge >= 0.3 is 0 Å². The number of piperidine rings is 1. The van der Waals surface area contributed by atoms with Crippen molar-refractivity contribution in [1.82, 2.24) is 9.62 Å². The minimum atomic E-state index is -3.52. The van der Waals surface area contributed by atoms with E-state index in [1.165, 1.54) is 22.8 Å². The summed E-state index contributed by atoms with van der Waals surface area (Å²) < 4.78 is 25.7. The van der Waals surface area contributed by atoms with Gasteiger partial charge in [0.05, 0.1) is 18.8 Å². The molecule has 1 fully saturated rings. The molecule has 2 aromatic rings. The number of rotatable bonds is 8. The van der Waals surface area contributed by atoms with Crippen molar-refractivity contribution in [2.24, 2.45) is 5.92 Å². The lowest BCUT2D eigenvalue weighted by Gasteiger charge is -2.33. The van der Waals surface area contributed by atoms with Crippen LogP contribution in [0.25, 0.3) is 0 Å². The van der Waals surface area contributed by atoms with Gasteiger partial charge in [-0.15, -0.1) is 0 Å². The lowest BCUT2D eigenvalue weighted by molar-refractivity contribution is -0.122. The maximum Gasteiger partial charge on any atom is 0.235 e. The fourth-order valence-electron chi connectivity index (χ4n) is 4.12. The molecule has 1 heterocycles. The molecule has 3 rings (SSSR count). The highest BCUT2D eigenvalue weighted by Crippen LogP contribution is 2.24. The fraction of sp³-hybridized carbons (Fsp3) is 0.480. The monoisotopic (exact) mass is 457 g/mol. The lowest BCUT2D eigenvalue weighted by Crippen LogP contribution is -2.40. The van der Waals surface area contributed by atoms with Crippen molar-refractivity contribution in [2.45, 2.75) is 46.2 Å². The standard InChI is InChI=1S/C25H35N3O3S/c1-19-7-9-22(10-8-19)17-28(32(4,30)31)18-25(29)26-21(3)23-11-13-24(14-12-23)27-15-5-6-20(2)16-27/h7-14,20-21H,5-6,15-18H2,1-4H3,(H,26,29). The molecule has 2 atom stereocenters. The van der Waals surface area contributed by atoms with Crippen LogP contribution >= 0.6 is 0 Å². The zero-order chi connectivity index (χ0) is 23.3. The molecule has 0 radical (unpaired) electrons. The molecule has 0 saturated carbocycles. The number of amides is 1. The average Bonchev–Trinajstić information content (AvgIpc) is 2.74. The third-order valence-corrected chi connectivity index (χ3v) is 7.26. The summed E-state index contributed by atoms with van der Waals surface area (Å²) in [5, 5.41) is 2.94. The predicted molar refractivity (Wildman–Crippen MR) is 130 cm³/mol. The third-order valence-electron chi connectivity index (χ3n) is 6.06. The van der Waals surface area contributed by atoms with Gasteiger partial charge in [-0.1, -0.05) is 48.9 Å². The van der Waals surface area contributed by atoms with E-state index < -0.39 is 10.0 Å². The number of anilines is 1. The zero-order valence-electron chi connectivity index (χ0n) is 19.5. The highest BCUT2D eigenvalue weighted by atomic mass is 32.2. The number of sulfonamides is 1. The number of aryl methyl sites for hydroxylation is 1. The summed E-state index contributed by atoms with van der Waals surface area (Å²) in [4.78, 5) is 15.1. The van der Waals surface area contributed by atoms with Crippen molar-refractivity contribution in [3.63, 3.8) is 0 Å². The molecular formula is C25H35N3O3S. The van der Waals surface area contributed by atoms with Crippen LogP contribution in [-0.2, 0) is 21.4 Å². The summed E-state index contributed by atoms with van der Waals surface area (Å²) >= 11 is 0. The number of benzene rings is 2. The van der Waals surface area contributed by atoms with E-state index in [1.807, 2.05) is 50.2 Å². The first kappa shape index (κ1) is 24.3. The van der Waals surface area contributed by atoms with Crippen molar-refractivity contribution in [2.75, 3.05) is 30.8 Å². The molecule has 0 aromatic heterocycles. The topological polar surface area (TPSA) is 69.7 Å². The van der Waals surface area contributed by atoms with Crippen LogP contribution in [0.3, 0.4) is 0 Å². The number of nitrogens with one attached hydrogen (secondary N) is 1. The summed E-state index contributed by atoms with van der Waals surface area (Å²) in [5.41, 5.74) is 4.16. The second-order valence-corrected chi connectivity index (χ2v) is 11.1. The molecule has 32 heavy (non-hydrogen) atoms. The first-order chi connectivity index (χ1) is 15.1. The highest BCUT2D eigenvalue weighted by molar-refractivity contribution is 7.88. The molecule has 174 valence electrons. The van der Waals surface area contributed by atoms with Crippen molar-refractivity contribution in [3.8, 4) is 0 Å². The first-order valence-corrected chi connectivity index (χ1v) is 13.1. The number of carbonyl (C=O) groups is 1. The van der Waals surface area contributed by atoms with E-state index in [1.54, 1.807) is 0 Å². The Morgan fingerprint density at radius 3 is 2.41 bits per heavy atom. The summed E-state index contributed by atoms with van der Waals surface area (Å²) in [6, 6.07) is 15.7. The Bertz CT molecular complexity index is 1000. The van der Waals surface area contributed by atoms with Gasteiger partial charge in [-0.2, -0.15) is 4.31 Å². The minimum absolute atomic E-state index is 0.171. The summed E-state index contributed by atoms with van der Waals surface area (Å²) in [6.45, 7) is 8.31. The van der Waals surface area contributed by atoms with E-state index in [2.05, 4.69) is 29.3 Å². The molecular weight excluding hydrogens is 422 g/mol. The Balaban J connectivity index is 1.60. The summed E-state index contributed by atoms with van der Waals surface area (Å²) in [5.74, 6) is 0.392. The van der Waals surface area contributed by atoms with Crippen LogP contribution in [0.5, 0.6) is 0 Å². The molecule has 6 nitrogen and oxygen atoms in total. The Labute approximate surface area is 192 Å². The van der Waals surface area contributed by atoms with Crippen LogP contribution in [0.4, 0.5) is 5.69 Å². The molecule has 0 aliphatic carbocycles. The van der Waals surface area contributed by atoms with Gasteiger partial charge in [0.2, 0.25) is 15.9 Å². The number of hydrogen-bond donors (Lipinski definition) is 1. The second-order valence-electron chi connectivity index (χ2n) is 9.09. The lowest BCUT2D eigenvalue weighted by atomic mass is 9.99. The van der Waals surface area contributed by atoms with Crippen LogP contribution in [0, 0.1) is 12.8 Å². The largest absolute Gasteiger partial charge is 0.371 e. The van der Waals surface area contributed by atoms with Crippen LogP contribution < -0.4 is 10.2 Å². The predicted octanol–water partition coefficient (Wildman–Crippen LogP) is 3.87. The van der Waals surface area contributed by atoms with Gasteiger partial charge in [0, 0.05) is 25.3 Å². The van der Waals surface area contributed by atoms with Crippen molar-refractivity contribution < 1.29 is 13.2 Å². The SMILES string of the molecule is Cc1ccc(CN(CC(=O)NC(C)c2ccc(N3CCCC(C)C3)cc2)S(C)(=O)=O)cc1. The van der Waals surface area contributed by atoms with Crippen molar-refractivity contribution in [3.05, 3.63) is 65.2 Å². The van der Waals surface area contributed by atoms with Gasteiger partial charge in [0.1, 0.15) is 0 Å². The van der Waals surface area contributed by atoms with Gasteiger partial charge in [0.15, 0.2) is 0 Å². The molecule has 2 aromatic carbocycles. The molecule has 1 saturated heterocycles. The van der Waals surface area contributed by atoms with E-state index in [4.69, 9.17) is 0 Å². The fourth-order valence-corrected chi connectivity index (χ4v) is 4.85. The Hall–Kier alpha value is -2.38. The van der Waals surface area contributed by atoms with Gasteiger partial charge in [-0.25, -0.2) is 8.42 Å². The second kappa shape index (κ2) is 10.5. The van der Waals surface area contributed by atoms with Crippen molar-refractivity contribution in [1.29, 1.82) is 0 Å². The van der Waals surface area contributed by atoms with Gasteiger partial charge in [-0.3, -0.25) is 4.79 Å². The number of nitrogens with zero attached hydrogens (tertiary/aromatic N) is 2. The van der Waals surface area contributed by atoms with Gasteiger partial charge < -0.3 is 10.2 Å². The maximum absolute atomic E-state index is 12.7. The Morgan fingerprint density at radius 1 is 1.16 bits per heavy atom. The maximum atomic E-state index is 12.7. The Kier molecular flexibility index (Phi) is 7.96. The molecule has 1 amide bonds. The van der Waals surface area contributed by atoms with Crippen molar-refractivity contribution >= 4 is 21.6 Å². The summed E-state index contributed by atoms with van der Waals surface area (Å²) in [6.07, 6.45) is 3.64. The highest BCUT2D eigenvalue weighted by Gasteiger charge is 2.22. The molecule has 2 unspecified atom stereocenters. The van der Waals surface area contributed by atoms with Crippen LogP contribution in [0.15, 0.2) is 48.5 Å². The van der Waals surface area contributed by atoms with Gasteiger partial charge in [-0.05, 0) is 55.9 Å². The molecule has 0 bridgehead atoms. The van der Waals surface area contributed by atoms with Crippen LogP contribution in [0.2, 0.25) is 0 Å². The first-order valence-electron chi connectivity index (χ1n) is 11.3. The molecule has 1 aliphatic rings. The average molecular weight is 458 g/mol. The van der Waals surface area contributed by atoms with E-state index in [-0.39, 0.29) is 25.0 Å². The van der Waals surface area contributed by atoms with Crippen LogP contribution in [0.1, 0.15) is 49.4 Å². The zero-order valence-corrected chi connectivity index (χ0v) is 20.4. The third kappa shape index (κ3) is 6.81. The molecule has 7 heteroatoms. The Morgan fingerprint density at radius 2 is 1.81 bits per heavy atom. The molecule has 1 N–H and O–H groups in total. The van der Waals surface area contributed by atoms with E-state index in [0.717, 1.165) is 36.0 Å². The molecule has 1 aliphatic heterocycles. The smallest absolute Gasteiger partial charge is 0.235 e. The molecule has 0 spiro atoms. The quantitative estimate of drug-likeness (QED) is 0.653. The van der Waals surface area contributed by atoms with Crippen LogP contribution in [-0.4, -0.2) is 44.5 Å². The van der Waals surface area contributed by atoms with Gasteiger partial charge in [0.25, 0.3) is 0 Å². The van der Waals surface area contributed by atoms with E-state index in [0.29, 0.717) is 5.92 Å². The normalized spacial score (nSPS) is 17.9. The van der Waals surface area contributed by atoms with E-state index in [9.17, 15) is 13.2 Å². The number of hydrogen-bond acceptors (Lipinski definition) is 4. The number of carbonyl (C=O) groups excluding carboxylic acids is 1. The minimum Gasteiger partial charge on any atom is -0.371 e.